The van der Waals surface area contributed by atoms with E-state index in [1.54, 1.807) is 0 Å². The Kier molecular flexibility index (Phi) is 6.76. The second kappa shape index (κ2) is 6.32. The molecule has 0 aliphatic carbocycles. The molecule has 0 heterocycles. The maximum atomic E-state index is 6.05. The number of allylic oxidation sites excluding steroid dienone is 1. The Morgan fingerprint density at radius 3 is 1.92 bits per heavy atom. The topological polar surface area (TPSA) is 3.24 Å². The lowest BCUT2D eigenvalue weighted by Gasteiger charge is -2.21. The molecule has 12 heavy (non-hydrogen) atoms. The molecule has 5 heteroatoms. The van der Waals surface area contributed by atoms with Crippen molar-refractivity contribution in [2.24, 2.45) is 0 Å². The maximum absolute atomic E-state index is 6.05. The summed E-state index contributed by atoms with van der Waals surface area (Å²) in [4.78, 5) is 2.02. The highest BCUT2D eigenvalue weighted by atomic mass is 35.9. The summed E-state index contributed by atoms with van der Waals surface area (Å²) in [5, 5.41) is 1.56. The van der Waals surface area contributed by atoms with Gasteiger partial charge in [0, 0.05) is 18.4 Å². The summed E-state index contributed by atoms with van der Waals surface area (Å²) in [6.45, 7) is 6.62. The molecule has 0 N–H and O–H groups in total. The Labute approximate surface area is 90.0 Å². The zero-order chi connectivity index (χ0) is 9.72. The van der Waals surface area contributed by atoms with Crippen molar-refractivity contribution in [1.82, 2.24) is 4.90 Å². The Hall–Kier alpha value is 0.840. The van der Waals surface area contributed by atoms with Crippen molar-refractivity contribution in [3.05, 3.63) is 10.5 Å². The quantitative estimate of drug-likeness (QED) is 0.521. The first-order valence-corrected chi connectivity index (χ1v) is 7.30. The smallest absolute Gasteiger partial charge is 0.115 e. The Morgan fingerprint density at radius 1 is 1.25 bits per heavy atom. The van der Waals surface area contributed by atoms with E-state index < -0.39 is 6.63 Å². The predicted molar refractivity (Wildman–Crippen MR) is 60.1 cm³/mol. The zero-order valence-electron chi connectivity index (χ0n) is 7.44. The lowest BCUT2D eigenvalue weighted by Crippen LogP contribution is -2.19. The minimum Gasteiger partial charge on any atom is -0.363 e. The standard InChI is InChI=1S/C7H13Cl3NP/c1-4-11(5-2)7(8)6(3)12(9)10/h4-5H2,1-3H3/b7-6+. The molecule has 0 rings (SSSR count). The van der Waals surface area contributed by atoms with E-state index in [1.165, 1.54) is 0 Å². The van der Waals surface area contributed by atoms with Crippen LogP contribution in [0.2, 0.25) is 0 Å². The van der Waals surface area contributed by atoms with Gasteiger partial charge >= 0.3 is 0 Å². The van der Waals surface area contributed by atoms with Crippen molar-refractivity contribution in [1.29, 1.82) is 0 Å². The molecule has 1 nitrogen and oxygen atoms in total. The Morgan fingerprint density at radius 2 is 1.67 bits per heavy atom. The summed E-state index contributed by atoms with van der Waals surface area (Å²) in [6, 6.07) is 0. The largest absolute Gasteiger partial charge is 0.363 e. The molecule has 0 aromatic carbocycles. The van der Waals surface area contributed by atoms with Gasteiger partial charge in [-0.25, -0.2) is 0 Å². The number of hydrogen-bond acceptors (Lipinski definition) is 1. The van der Waals surface area contributed by atoms with Crippen molar-refractivity contribution in [2.45, 2.75) is 20.8 Å². The van der Waals surface area contributed by atoms with E-state index in [0.717, 1.165) is 18.4 Å². The van der Waals surface area contributed by atoms with Crippen LogP contribution >= 0.6 is 40.7 Å². The van der Waals surface area contributed by atoms with Gasteiger partial charge in [0.2, 0.25) is 0 Å². The molecule has 0 aromatic rings. The van der Waals surface area contributed by atoms with E-state index in [2.05, 4.69) is 0 Å². The third kappa shape index (κ3) is 3.70. The van der Waals surface area contributed by atoms with E-state index in [9.17, 15) is 0 Å². The predicted octanol–water partition coefficient (Wildman–Crippen LogP) is 4.55. The van der Waals surface area contributed by atoms with Gasteiger partial charge in [-0.05, 0) is 20.8 Å². The first-order valence-electron chi connectivity index (χ1n) is 3.77. The maximum Gasteiger partial charge on any atom is 0.115 e. The lowest BCUT2D eigenvalue weighted by atomic mass is 10.5. The molecule has 0 saturated carbocycles. The summed E-state index contributed by atoms with van der Waals surface area (Å²) in [5.41, 5.74) is 0. The van der Waals surface area contributed by atoms with Crippen molar-refractivity contribution in [3.63, 3.8) is 0 Å². The fourth-order valence-electron chi connectivity index (χ4n) is 0.800. The highest BCUT2D eigenvalue weighted by molar-refractivity contribution is 8.06. The molecule has 0 aliphatic heterocycles. The van der Waals surface area contributed by atoms with E-state index in [0.29, 0.717) is 5.16 Å². The molecule has 72 valence electrons. The first-order chi connectivity index (χ1) is 5.54. The van der Waals surface area contributed by atoms with Crippen LogP contribution < -0.4 is 0 Å². The van der Waals surface area contributed by atoms with E-state index in [1.807, 2.05) is 25.7 Å². The summed E-state index contributed by atoms with van der Waals surface area (Å²) >= 11 is 17.5. The molecule has 0 amide bonds. The molecule has 0 saturated heterocycles. The van der Waals surface area contributed by atoms with Crippen LogP contribution in [0.4, 0.5) is 0 Å². The number of nitrogens with zero attached hydrogens (tertiary/aromatic N) is 1. The minimum atomic E-state index is -1.09. The number of hydrogen-bond donors (Lipinski definition) is 0. The average Bonchev–Trinajstić information content (AvgIpc) is 2.05. The van der Waals surface area contributed by atoms with Gasteiger partial charge in [-0.2, -0.15) is 0 Å². The monoisotopic (exact) mass is 247 g/mol. The zero-order valence-corrected chi connectivity index (χ0v) is 10.6. The van der Waals surface area contributed by atoms with Crippen LogP contribution in [-0.4, -0.2) is 18.0 Å². The molecule has 0 unspecified atom stereocenters. The lowest BCUT2D eigenvalue weighted by molar-refractivity contribution is 0.405. The second-order valence-electron chi connectivity index (χ2n) is 2.28. The number of rotatable bonds is 4. The molecule has 0 fully saturated rings. The van der Waals surface area contributed by atoms with Crippen molar-refractivity contribution in [2.75, 3.05) is 13.1 Å². The van der Waals surface area contributed by atoms with Crippen molar-refractivity contribution >= 4 is 40.7 Å². The summed E-state index contributed by atoms with van der Waals surface area (Å²) in [7, 11) is 0. The Balaban J connectivity index is 4.50. The fraction of sp³-hybridized carbons (Fsp3) is 0.714. The summed E-state index contributed by atoms with van der Waals surface area (Å²) in [6.07, 6.45) is 0. The third-order valence-corrected chi connectivity index (χ3v) is 4.49. The summed E-state index contributed by atoms with van der Waals surface area (Å²) in [5.74, 6) is 0. The molecule has 0 aliphatic rings. The van der Waals surface area contributed by atoms with Crippen LogP contribution in [0, 0.1) is 0 Å². The Bertz CT molecular complexity index is 166. The van der Waals surface area contributed by atoms with Gasteiger partial charge in [-0.1, -0.05) is 34.1 Å². The van der Waals surface area contributed by atoms with Crippen LogP contribution in [0.5, 0.6) is 0 Å². The van der Waals surface area contributed by atoms with Crippen LogP contribution in [0.15, 0.2) is 10.5 Å². The normalized spacial score (nSPS) is 13.2. The molecular weight excluding hydrogens is 235 g/mol. The molecular formula is C7H13Cl3NP. The van der Waals surface area contributed by atoms with Crippen molar-refractivity contribution in [3.8, 4) is 0 Å². The van der Waals surface area contributed by atoms with Gasteiger partial charge in [0.25, 0.3) is 0 Å². The highest BCUT2D eigenvalue weighted by Crippen LogP contribution is 2.56. The highest BCUT2D eigenvalue weighted by Gasteiger charge is 2.11. The fourth-order valence-corrected chi connectivity index (χ4v) is 2.31. The van der Waals surface area contributed by atoms with Gasteiger partial charge in [0.1, 0.15) is 11.8 Å². The van der Waals surface area contributed by atoms with Gasteiger partial charge in [0.15, 0.2) is 0 Å². The van der Waals surface area contributed by atoms with Crippen LogP contribution in [-0.2, 0) is 0 Å². The molecule has 0 aromatic heterocycles. The molecule has 0 radical (unpaired) electrons. The van der Waals surface area contributed by atoms with Crippen molar-refractivity contribution < 1.29 is 0 Å². The average molecular weight is 249 g/mol. The third-order valence-electron chi connectivity index (χ3n) is 1.59. The van der Waals surface area contributed by atoms with E-state index in [4.69, 9.17) is 34.1 Å². The summed E-state index contributed by atoms with van der Waals surface area (Å²) < 4.78 is 0. The minimum absolute atomic E-state index is 0.691. The second-order valence-corrected chi connectivity index (χ2v) is 6.32. The SMILES string of the molecule is CCN(CC)/C(Cl)=C(\C)P(Cl)Cl. The van der Waals surface area contributed by atoms with Gasteiger partial charge in [-0.15, -0.1) is 0 Å². The van der Waals surface area contributed by atoms with Crippen LogP contribution in [0.3, 0.4) is 0 Å². The molecule has 0 bridgehead atoms. The molecule has 0 atom stereocenters. The van der Waals surface area contributed by atoms with Crippen LogP contribution in [0.25, 0.3) is 0 Å². The first kappa shape index (κ1) is 12.8. The van der Waals surface area contributed by atoms with Gasteiger partial charge < -0.3 is 4.90 Å². The van der Waals surface area contributed by atoms with Gasteiger partial charge in [0.05, 0.1) is 0 Å². The van der Waals surface area contributed by atoms with Gasteiger partial charge in [-0.3, -0.25) is 0 Å². The number of halogens is 3. The van der Waals surface area contributed by atoms with E-state index in [-0.39, 0.29) is 0 Å². The molecule has 0 spiro atoms. The van der Waals surface area contributed by atoms with E-state index >= 15 is 0 Å². The van der Waals surface area contributed by atoms with Crippen LogP contribution in [0.1, 0.15) is 20.8 Å².